The van der Waals surface area contributed by atoms with Gasteiger partial charge in [0.2, 0.25) is 5.91 Å². The second-order valence-corrected chi connectivity index (χ2v) is 9.77. The molecular weight excluding hydrogens is 364 g/mol. The van der Waals surface area contributed by atoms with Gasteiger partial charge in [-0.15, -0.1) is 0 Å². The van der Waals surface area contributed by atoms with Crippen molar-refractivity contribution in [1.29, 1.82) is 0 Å². The maximum absolute atomic E-state index is 12.1. The van der Waals surface area contributed by atoms with Gasteiger partial charge in [-0.25, -0.2) is 8.42 Å². The third-order valence-electron chi connectivity index (χ3n) is 3.91. The summed E-state index contributed by atoms with van der Waals surface area (Å²) < 4.78 is 55.6. The first-order valence-corrected chi connectivity index (χ1v) is 10.7. The van der Waals surface area contributed by atoms with Gasteiger partial charge in [0.25, 0.3) is 10.1 Å². The van der Waals surface area contributed by atoms with Gasteiger partial charge in [-0.1, -0.05) is 0 Å². The molecule has 1 aliphatic heterocycles. The van der Waals surface area contributed by atoms with E-state index in [1.807, 2.05) is 0 Å². The Morgan fingerprint density at radius 3 is 2.25 bits per heavy atom. The average Bonchev–Trinajstić information content (AvgIpc) is 2.66. The number of sulfone groups is 1. The molecule has 1 saturated heterocycles. The molecule has 0 aromatic heterocycles. The zero-order valence-electron chi connectivity index (χ0n) is 13.4. The van der Waals surface area contributed by atoms with Crippen LogP contribution in [0.1, 0.15) is 13.3 Å². The summed E-state index contributed by atoms with van der Waals surface area (Å²) in [6.45, 7) is 1.69. The van der Waals surface area contributed by atoms with Gasteiger partial charge >= 0.3 is 0 Å². The quantitative estimate of drug-likeness (QED) is 0.306. The molecule has 0 bridgehead atoms. The normalized spacial score (nSPS) is 26.6. The Hall–Kier alpha value is -0.790. The number of nitrogens with zero attached hydrogens (tertiary/aromatic N) is 1. The molecule has 1 heterocycles. The monoisotopic (exact) mass is 388 g/mol. The number of amides is 1. The molecule has 4 N–H and O–H groups in total. The summed E-state index contributed by atoms with van der Waals surface area (Å²) in [6, 6.07) is 0. The van der Waals surface area contributed by atoms with E-state index in [1.165, 1.54) is 6.92 Å². The van der Waals surface area contributed by atoms with Crippen molar-refractivity contribution < 1.29 is 36.4 Å². The second kappa shape index (κ2) is 8.06. The Balaban J connectivity index is 2.76. The maximum Gasteiger partial charge on any atom is 0.271 e. The highest BCUT2D eigenvalue weighted by molar-refractivity contribution is 7.94. The molecule has 1 rings (SSSR count). The molecule has 24 heavy (non-hydrogen) atoms. The first-order valence-electron chi connectivity index (χ1n) is 7.35. The first kappa shape index (κ1) is 21.3. The molecule has 1 amide bonds. The van der Waals surface area contributed by atoms with E-state index in [0.29, 0.717) is 0 Å². The minimum Gasteiger partial charge on any atom is -0.395 e. The van der Waals surface area contributed by atoms with Crippen molar-refractivity contribution >= 4 is 25.9 Å². The topological polar surface area (TPSA) is 161 Å². The molecule has 0 aliphatic carbocycles. The summed E-state index contributed by atoms with van der Waals surface area (Å²) in [6.07, 6.45) is -0.0756. The highest BCUT2D eigenvalue weighted by atomic mass is 32.2. The van der Waals surface area contributed by atoms with E-state index in [-0.39, 0.29) is 39.3 Å². The smallest absolute Gasteiger partial charge is 0.271 e. The standard InChI is InChI=1S/C12H24N2O8S2/c1-12(9-23(18,19)8-10(12)24(20,21)22)13-11(17)2-3-14(4-6-15)5-7-16/h10,15-16H,2-9H2,1H3,(H,13,17)(H,20,21,22). The van der Waals surface area contributed by atoms with Gasteiger partial charge in [-0.3, -0.25) is 14.2 Å². The molecule has 0 saturated carbocycles. The van der Waals surface area contributed by atoms with Crippen LogP contribution in [0.5, 0.6) is 0 Å². The summed E-state index contributed by atoms with van der Waals surface area (Å²) in [5.41, 5.74) is -1.61. The first-order chi connectivity index (χ1) is 10.9. The summed E-state index contributed by atoms with van der Waals surface area (Å²) in [7, 11) is -8.36. The fourth-order valence-electron chi connectivity index (χ4n) is 2.81. The van der Waals surface area contributed by atoms with E-state index < -0.39 is 48.2 Å². The highest BCUT2D eigenvalue weighted by Gasteiger charge is 2.53. The molecule has 0 aromatic rings. The molecule has 0 aromatic carbocycles. The SMILES string of the molecule is CC1(NC(=O)CCN(CCO)CCO)CS(=O)(=O)CC1S(=O)(=O)O. The van der Waals surface area contributed by atoms with Crippen LogP contribution in [-0.4, -0.2) is 97.6 Å². The zero-order chi connectivity index (χ0) is 18.6. The van der Waals surface area contributed by atoms with Crippen LogP contribution in [0.3, 0.4) is 0 Å². The van der Waals surface area contributed by atoms with Gasteiger partial charge in [0.05, 0.1) is 30.3 Å². The Bertz CT molecular complexity index is 642. The number of aliphatic hydroxyl groups excluding tert-OH is 2. The summed E-state index contributed by atoms with van der Waals surface area (Å²) in [5, 5.41) is 18.6. The number of hydrogen-bond donors (Lipinski definition) is 4. The lowest BCUT2D eigenvalue weighted by molar-refractivity contribution is -0.123. The minimum absolute atomic E-state index is 0.0756. The van der Waals surface area contributed by atoms with E-state index in [1.54, 1.807) is 4.90 Å². The number of aliphatic hydroxyl groups is 2. The third kappa shape index (κ3) is 5.93. The zero-order valence-corrected chi connectivity index (χ0v) is 15.0. The van der Waals surface area contributed by atoms with Crippen LogP contribution in [0.2, 0.25) is 0 Å². The number of rotatable bonds is 9. The van der Waals surface area contributed by atoms with Gasteiger partial charge in [0, 0.05) is 26.1 Å². The van der Waals surface area contributed by atoms with Crippen molar-refractivity contribution in [2.24, 2.45) is 0 Å². The molecule has 10 nitrogen and oxygen atoms in total. The second-order valence-electron chi connectivity index (χ2n) is 6.06. The molecule has 2 unspecified atom stereocenters. The van der Waals surface area contributed by atoms with Gasteiger partial charge in [0.15, 0.2) is 9.84 Å². The summed E-state index contributed by atoms with van der Waals surface area (Å²) in [5.74, 6) is -1.90. The molecule has 142 valence electrons. The molecule has 0 spiro atoms. The van der Waals surface area contributed by atoms with Crippen molar-refractivity contribution in [1.82, 2.24) is 10.2 Å². The van der Waals surface area contributed by atoms with Crippen LogP contribution in [0.4, 0.5) is 0 Å². The van der Waals surface area contributed by atoms with E-state index in [0.717, 1.165) is 0 Å². The predicted molar refractivity (Wildman–Crippen MR) is 85.8 cm³/mol. The lowest BCUT2D eigenvalue weighted by Gasteiger charge is -2.29. The Morgan fingerprint density at radius 2 is 1.79 bits per heavy atom. The van der Waals surface area contributed by atoms with Crippen LogP contribution < -0.4 is 5.32 Å². The largest absolute Gasteiger partial charge is 0.395 e. The Morgan fingerprint density at radius 1 is 1.25 bits per heavy atom. The van der Waals surface area contributed by atoms with Crippen molar-refractivity contribution in [3.8, 4) is 0 Å². The Kier molecular flexibility index (Phi) is 7.14. The van der Waals surface area contributed by atoms with Crippen LogP contribution in [-0.2, 0) is 24.7 Å². The number of nitrogens with one attached hydrogen (secondary N) is 1. The van der Waals surface area contributed by atoms with Crippen LogP contribution in [0, 0.1) is 0 Å². The van der Waals surface area contributed by atoms with Gasteiger partial charge in [0.1, 0.15) is 5.25 Å². The summed E-state index contributed by atoms with van der Waals surface area (Å²) >= 11 is 0. The fraction of sp³-hybridized carbons (Fsp3) is 0.917. The van der Waals surface area contributed by atoms with Gasteiger partial charge in [-0.05, 0) is 6.92 Å². The fourth-order valence-corrected chi connectivity index (χ4v) is 7.16. The highest BCUT2D eigenvalue weighted by Crippen LogP contribution is 2.28. The minimum atomic E-state index is -4.65. The Labute approximate surface area is 141 Å². The molecule has 0 radical (unpaired) electrons. The van der Waals surface area contributed by atoms with Crippen LogP contribution >= 0.6 is 0 Å². The number of hydrogen-bond acceptors (Lipinski definition) is 8. The lowest BCUT2D eigenvalue weighted by Crippen LogP contribution is -2.56. The van der Waals surface area contributed by atoms with E-state index in [9.17, 15) is 26.2 Å². The summed E-state index contributed by atoms with van der Waals surface area (Å²) in [4.78, 5) is 13.7. The third-order valence-corrected chi connectivity index (χ3v) is 7.41. The van der Waals surface area contributed by atoms with Crippen LogP contribution in [0.15, 0.2) is 0 Å². The molecule has 2 atom stereocenters. The van der Waals surface area contributed by atoms with Crippen LogP contribution in [0.25, 0.3) is 0 Å². The van der Waals surface area contributed by atoms with Gasteiger partial charge < -0.3 is 15.5 Å². The lowest BCUT2D eigenvalue weighted by atomic mass is 10.0. The number of carbonyl (C=O) groups excluding carboxylic acids is 1. The van der Waals surface area contributed by atoms with Crippen molar-refractivity contribution in [2.45, 2.75) is 24.1 Å². The van der Waals surface area contributed by atoms with Crippen molar-refractivity contribution in [3.63, 3.8) is 0 Å². The van der Waals surface area contributed by atoms with Crippen molar-refractivity contribution in [3.05, 3.63) is 0 Å². The van der Waals surface area contributed by atoms with E-state index in [4.69, 9.17) is 10.2 Å². The maximum atomic E-state index is 12.1. The predicted octanol–water partition coefficient (Wildman–Crippen LogP) is -2.78. The molecule has 1 fully saturated rings. The van der Waals surface area contributed by atoms with E-state index in [2.05, 4.69) is 5.32 Å². The molecular formula is C12H24N2O8S2. The van der Waals surface area contributed by atoms with Crippen molar-refractivity contribution in [2.75, 3.05) is 44.4 Å². The van der Waals surface area contributed by atoms with E-state index >= 15 is 0 Å². The average molecular weight is 388 g/mol. The molecule has 12 heteroatoms. The molecule has 1 aliphatic rings. The number of carbonyl (C=O) groups is 1. The van der Waals surface area contributed by atoms with Gasteiger partial charge in [-0.2, -0.15) is 8.42 Å².